The predicted octanol–water partition coefficient (Wildman–Crippen LogP) is 6.55. The Hall–Kier alpha value is -2.57. The first-order chi connectivity index (χ1) is 15.0. The lowest BCUT2D eigenvalue weighted by Crippen LogP contribution is -2.11. The molecule has 0 aliphatic carbocycles. The van der Waals surface area contributed by atoms with Crippen molar-refractivity contribution in [3.05, 3.63) is 52.5 Å². The highest BCUT2D eigenvalue weighted by atomic mass is 35.5. The van der Waals surface area contributed by atoms with Crippen molar-refractivity contribution in [2.45, 2.75) is 46.0 Å². The maximum Gasteiger partial charge on any atom is 0.336 e. The largest absolute Gasteiger partial charge is 0.463 e. The molecule has 2 aromatic carbocycles. The number of anilines is 1. The number of nitrogens with one attached hydrogen (secondary N) is 1. The van der Waals surface area contributed by atoms with Gasteiger partial charge in [-0.2, -0.15) is 4.98 Å². The minimum absolute atomic E-state index is 0.0275. The fourth-order valence-electron chi connectivity index (χ4n) is 3.11. The number of carbonyl (C=O) groups is 1. The number of rotatable bonds is 10. The SMILES string of the molecule is CCCCCCC(=O)Nc1ccc(-n2nc(OCC)nc2-c2ccc(Cl)c(Cl)c2)cc1. The molecule has 164 valence electrons. The standard InChI is InChI=1S/C23H26Cl2N4O2/c1-3-5-6-7-8-21(30)26-17-10-12-18(13-11-17)29-22(27-23(28-29)31-4-2)16-9-14-19(24)20(25)15-16/h9-15H,3-8H2,1-2H3,(H,26,30). The van der Waals surface area contributed by atoms with Crippen LogP contribution >= 0.6 is 23.2 Å². The minimum Gasteiger partial charge on any atom is -0.463 e. The van der Waals surface area contributed by atoms with Crippen LogP contribution in [0.4, 0.5) is 5.69 Å². The summed E-state index contributed by atoms with van der Waals surface area (Å²) in [6, 6.07) is 13.0. The Morgan fingerprint density at radius 1 is 1.03 bits per heavy atom. The Balaban J connectivity index is 1.80. The lowest BCUT2D eigenvalue weighted by molar-refractivity contribution is -0.116. The molecule has 3 aromatic rings. The monoisotopic (exact) mass is 460 g/mol. The van der Waals surface area contributed by atoms with Crippen LogP contribution in [0.3, 0.4) is 0 Å². The van der Waals surface area contributed by atoms with Crippen LogP contribution in [0, 0.1) is 0 Å². The van der Waals surface area contributed by atoms with Crippen molar-refractivity contribution in [2.75, 3.05) is 11.9 Å². The van der Waals surface area contributed by atoms with Gasteiger partial charge in [0.2, 0.25) is 5.91 Å². The lowest BCUT2D eigenvalue weighted by Gasteiger charge is -2.09. The number of ether oxygens (including phenoxy) is 1. The summed E-state index contributed by atoms with van der Waals surface area (Å²) in [6.45, 7) is 4.48. The van der Waals surface area contributed by atoms with Crippen LogP contribution in [0.15, 0.2) is 42.5 Å². The zero-order valence-corrected chi connectivity index (χ0v) is 19.2. The van der Waals surface area contributed by atoms with Crippen molar-refractivity contribution in [1.29, 1.82) is 0 Å². The highest BCUT2D eigenvalue weighted by Gasteiger charge is 2.16. The molecular weight excluding hydrogens is 435 g/mol. The number of amides is 1. The molecule has 0 aliphatic rings. The second kappa shape index (κ2) is 11.2. The summed E-state index contributed by atoms with van der Waals surface area (Å²) in [4.78, 5) is 16.6. The van der Waals surface area contributed by atoms with Gasteiger partial charge in [-0.05, 0) is 55.8 Å². The number of nitrogens with zero attached hydrogens (tertiary/aromatic N) is 3. The molecule has 0 bridgehead atoms. The van der Waals surface area contributed by atoms with Gasteiger partial charge in [-0.1, -0.05) is 49.4 Å². The molecule has 1 N–H and O–H groups in total. The number of hydrogen-bond acceptors (Lipinski definition) is 4. The number of hydrogen-bond donors (Lipinski definition) is 1. The molecule has 3 rings (SSSR count). The molecule has 0 unspecified atom stereocenters. The average Bonchev–Trinajstić information content (AvgIpc) is 3.18. The second-order valence-electron chi connectivity index (χ2n) is 7.10. The Morgan fingerprint density at radius 3 is 2.48 bits per heavy atom. The highest BCUT2D eigenvalue weighted by molar-refractivity contribution is 6.42. The highest BCUT2D eigenvalue weighted by Crippen LogP contribution is 2.30. The van der Waals surface area contributed by atoms with Crippen molar-refractivity contribution in [2.24, 2.45) is 0 Å². The van der Waals surface area contributed by atoms with Crippen LogP contribution < -0.4 is 10.1 Å². The van der Waals surface area contributed by atoms with Crippen LogP contribution in [-0.4, -0.2) is 27.3 Å². The van der Waals surface area contributed by atoms with Gasteiger partial charge < -0.3 is 10.1 Å². The quantitative estimate of drug-likeness (QED) is 0.348. The Bertz CT molecular complexity index is 1020. The first kappa shape index (κ1) is 23.1. The summed E-state index contributed by atoms with van der Waals surface area (Å²) in [5.74, 6) is 0.606. The lowest BCUT2D eigenvalue weighted by atomic mass is 10.1. The molecule has 0 saturated heterocycles. The van der Waals surface area contributed by atoms with E-state index in [1.807, 2.05) is 37.3 Å². The number of benzene rings is 2. The summed E-state index contributed by atoms with van der Waals surface area (Å²) in [5.41, 5.74) is 2.28. The fourth-order valence-corrected chi connectivity index (χ4v) is 3.41. The smallest absolute Gasteiger partial charge is 0.336 e. The third-order valence-electron chi connectivity index (χ3n) is 4.69. The maximum atomic E-state index is 12.1. The van der Waals surface area contributed by atoms with E-state index in [0.29, 0.717) is 28.9 Å². The third-order valence-corrected chi connectivity index (χ3v) is 5.43. The number of unbranched alkanes of at least 4 members (excludes halogenated alkanes) is 3. The molecule has 1 amide bonds. The molecule has 0 saturated carbocycles. The van der Waals surface area contributed by atoms with Crippen molar-refractivity contribution in [3.8, 4) is 23.1 Å². The second-order valence-corrected chi connectivity index (χ2v) is 7.91. The molecule has 1 heterocycles. The molecule has 0 fully saturated rings. The van der Waals surface area contributed by atoms with E-state index in [9.17, 15) is 4.79 Å². The van der Waals surface area contributed by atoms with Crippen LogP contribution in [0.2, 0.25) is 10.0 Å². The van der Waals surface area contributed by atoms with E-state index >= 15 is 0 Å². The van der Waals surface area contributed by atoms with Gasteiger partial charge in [-0.25, -0.2) is 4.68 Å². The van der Waals surface area contributed by atoms with Crippen molar-refractivity contribution in [3.63, 3.8) is 0 Å². The predicted molar refractivity (Wildman–Crippen MR) is 125 cm³/mol. The molecule has 0 radical (unpaired) electrons. The van der Waals surface area contributed by atoms with Crippen molar-refractivity contribution >= 4 is 34.8 Å². The van der Waals surface area contributed by atoms with Gasteiger partial charge in [0.25, 0.3) is 0 Å². The third kappa shape index (κ3) is 6.21. The molecule has 6 nitrogen and oxygen atoms in total. The Morgan fingerprint density at radius 2 is 1.81 bits per heavy atom. The number of carbonyl (C=O) groups excluding carboxylic acids is 1. The van der Waals surface area contributed by atoms with Crippen LogP contribution in [-0.2, 0) is 4.79 Å². The molecule has 8 heteroatoms. The molecule has 0 spiro atoms. The van der Waals surface area contributed by atoms with E-state index in [-0.39, 0.29) is 11.9 Å². The van der Waals surface area contributed by atoms with Crippen LogP contribution in [0.25, 0.3) is 17.1 Å². The zero-order chi connectivity index (χ0) is 22.2. The zero-order valence-electron chi connectivity index (χ0n) is 17.7. The molecular formula is C23H26Cl2N4O2. The van der Waals surface area contributed by atoms with E-state index in [2.05, 4.69) is 22.3 Å². The van der Waals surface area contributed by atoms with E-state index in [0.717, 1.165) is 42.6 Å². The van der Waals surface area contributed by atoms with E-state index in [1.54, 1.807) is 16.8 Å². The van der Waals surface area contributed by atoms with Gasteiger partial charge in [0.05, 0.1) is 22.3 Å². The van der Waals surface area contributed by atoms with Gasteiger partial charge in [-0.3, -0.25) is 4.79 Å². The van der Waals surface area contributed by atoms with Crippen LogP contribution in [0.1, 0.15) is 46.0 Å². The van der Waals surface area contributed by atoms with E-state index in [1.165, 1.54) is 0 Å². The van der Waals surface area contributed by atoms with Crippen LogP contribution in [0.5, 0.6) is 6.01 Å². The van der Waals surface area contributed by atoms with Gasteiger partial charge in [0.15, 0.2) is 5.82 Å². The molecule has 1 aromatic heterocycles. The maximum absolute atomic E-state index is 12.1. The van der Waals surface area contributed by atoms with Gasteiger partial charge in [-0.15, -0.1) is 5.10 Å². The number of halogens is 2. The van der Waals surface area contributed by atoms with Crippen molar-refractivity contribution in [1.82, 2.24) is 14.8 Å². The average molecular weight is 461 g/mol. The molecule has 31 heavy (non-hydrogen) atoms. The molecule has 0 aliphatic heterocycles. The minimum atomic E-state index is 0.0275. The van der Waals surface area contributed by atoms with E-state index < -0.39 is 0 Å². The summed E-state index contributed by atoms with van der Waals surface area (Å²) in [5, 5.41) is 8.31. The summed E-state index contributed by atoms with van der Waals surface area (Å²) >= 11 is 12.2. The number of aromatic nitrogens is 3. The topological polar surface area (TPSA) is 69.0 Å². The fraction of sp³-hybridized carbons (Fsp3) is 0.348. The Labute approximate surface area is 192 Å². The van der Waals surface area contributed by atoms with Gasteiger partial charge in [0, 0.05) is 17.7 Å². The summed E-state index contributed by atoms with van der Waals surface area (Å²) in [7, 11) is 0. The van der Waals surface area contributed by atoms with Gasteiger partial charge >= 0.3 is 6.01 Å². The summed E-state index contributed by atoms with van der Waals surface area (Å²) in [6.07, 6.45) is 4.83. The van der Waals surface area contributed by atoms with E-state index in [4.69, 9.17) is 27.9 Å². The summed E-state index contributed by atoms with van der Waals surface area (Å²) < 4.78 is 7.18. The molecule has 0 atom stereocenters. The normalized spacial score (nSPS) is 10.8. The Kier molecular flexibility index (Phi) is 8.32. The van der Waals surface area contributed by atoms with Gasteiger partial charge in [0.1, 0.15) is 0 Å². The van der Waals surface area contributed by atoms with Crippen molar-refractivity contribution < 1.29 is 9.53 Å². The first-order valence-corrected chi connectivity index (χ1v) is 11.2. The first-order valence-electron chi connectivity index (χ1n) is 10.5.